The molecule has 0 amide bonds. The third-order valence-electron chi connectivity index (χ3n) is 0. The minimum absolute atomic E-state index is 0. The van der Waals surface area contributed by atoms with Crippen molar-refractivity contribution in [2.45, 2.75) is 27.7 Å². The van der Waals surface area contributed by atoms with Crippen LogP contribution in [0.4, 0.5) is 0 Å². The molecule has 0 nitrogen and oxygen atoms in total. The van der Waals surface area contributed by atoms with Gasteiger partial charge in [-0.05, 0) is 0 Å². The Labute approximate surface area is 79.3 Å². The van der Waals surface area contributed by atoms with Gasteiger partial charge in [0.05, 0.1) is 0 Å². The quantitative estimate of drug-likeness (QED) is 0.514. The van der Waals surface area contributed by atoms with Crippen molar-refractivity contribution in [1.29, 1.82) is 0 Å². The van der Waals surface area contributed by atoms with Crippen LogP contribution in [-0.2, 0) is 32.7 Å². The summed E-state index contributed by atoms with van der Waals surface area (Å²) in [7, 11) is 0. The van der Waals surface area contributed by atoms with Gasteiger partial charge in [0.1, 0.15) is 0 Å². The second-order valence-electron chi connectivity index (χ2n) is 1.97. The normalized spacial score (nSPS) is 6.75. The molecular weight excluding hydrogens is 173 g/mol. The second kappa shape index (κ2) is 15.7. The van der Waals surface area contributed by atoms with E-state index in [-0.39, 0.29) is 32.7 Å². The summed E-state index contributed by atoms with van der Waals surface area (Å²) in [4.78, 5) is 0. The Morgan fingerprint density at radius 1 is 1.25 bits per heavy atom. The second-order valence-corrected chi connectivity index (χ2v) is 1.97. The maximum atomic E-state index is 3.64. The van der Waals surface area contributed by atoms with E-state index in [0.717, 1.165) is 0 Å². The Hall–Kier alpha value is 1.10. The predicted octanol–water partition coefficient (Wildman–Crippen LogP) is 2.70. The Morgan fingerprint density at radius 2 is 1.25 bits per heavy atom. The summed E-state index contributed by atoms with van der Waals surface area (Å²) in [5.74, 6) is 0.583. The van der Waals surface area contributed by atoms with E-state index in [9.17, 15) is 0 Å². The molecule has 0 bridgehead atoms. The third-order valence-corrected chi connectivity index (χ3v) is 0. The molecule has 0 atom stereocenters. The predicted molar refractivity (Wildman–Crippen MR) is 35.8 cm³/mol. The van der Waals surface area contributed by atoms with E-state index in [4.69, 9.17) is 0 Å². The monoisotopic (exact) mass is 189 g/mol. The van der Waals surface area contributed by atoms with Crippen molar-refractivity contribution in [2.24, 2.45) is 5.92 Å². The molecule has 0 aliphatic rings. The van der Waals surface area contributed by atoms with Crippen LogP contribution in [0.5, 0.6) is 0 Å². The summed E-state index contributed by atoms with van der Waals surface area (Å²) in [6, 6.07) is 0. The molecule has 0 aliphatic heterocycles. The number of hydrogen-bond acceptors (Lipinski definition) is 0. The number of hydrogen-bond donors (Lipinski definition) is 0. The molecule has 1 heteroatoms. The van der Waals surface area contributed by atoms with Gasteiger partial charge in [-0.2, -0.15) is 19.8 Å². The first-order valence-electron chi connectivity index (χ1n) is 2.72. The molecule has 0 aromatic rings. The van der Waals surface area contributed by atoms with Crippen LogP contribution in [0.1, 0.15) is 27.7 Å². The van der Waals surface area contributed by atoms with Gasteiger partial charge in [-0.3, -0.25) is 0 Å². The minimum Gasteiger partial charge on any atom is -0.341 e. The van der Waals surface area contributed by atoms with Gasteiger partial charge >= 0.3 is 0 Å². The molecule has 0 aromatic heterocycles. The van der Waals surface area contributed by atoms with Crippen LogP contribution in [0.15, 0.2) is 0 Å². The van der Waals surface area contributed by atoms with Gasteiger partial charge in [0.25, 0.3) is 0 Å². The molecule has 49 valence electrons. The molecule has 0 aliphatic carbocycles. The average Bonchev–Trinajstić information content (AvgIpc) is 1.33. The van der Waals surface area contributed by atoms with Crippen molar-refractivity contribution in [3.63, 3.8) is 0 Å². The molecule has 0 heterocycles. The molecule has 0 aromatic carbocycles. The van der Waals surface area contributed by atoms with E-state index in [0.29, 0.717) is 5.92 Å². The van der Waals surface area contributed by atoms with E-state index in [1.807, 2.05) is 20.3 Å². The molecule has 0 spiro atoms. The standard InChI is InChI=1S/C4H9.C3H7.Y/c1-4(2)3;1-3-2;/h4H,1H2,2-3H3;3H,1-2H3;/q2*-1;. The fourth-order valence-corrected chi connectivity index (χ4v) is 0. The topological polar surface area (TPSA) is 0 Å². The van der Waals surface area contributed by atoms with Crippen molar-refractivity contribution in [3.05, 3.63) is 13.3 Å². The summed E-state index contributed by atoms with van der Waals surface area (Å²) < 4.78 is 0. The van der Waals surface area contributed by atoms with Crippen molar-refractivity contribution >= 4 is 0 Å². The Bertz CT molecular complexity index is 15.6. The van der Waals surface area contributed by atoms with E-state index < -0.39 is 0 Å². The van der Waals surface area contributed by atoms with Crippen molar-refractivity contribution in [3.8, 4) is 0 Å². The maximum absolute atomic E-state index is 3.64. The molecule has 0 fully saturated rings. The van der Waals surface area contributed by atoms with Crippen molar-refractivity contribution in [2.75, 3.05) is 0 Å². The maximum Gasteiger partial charge on any atom is 0 e. The molecule has 0 saturated heterocycles. The van der Waals surface area contributed by atoms with Gasteiger partial charge < -0.3 is 13.3 Å². The molecule has 0 unspecified atom stereocenters. The zero-order chi connectivity index (χ0) is 6.28. The molecule has 0 saturated carbocycles. The average molecular weight is 189 g/mol. The van der Waals surface area contributed by atoms with Crippen LogP contribution >= 0.6 is 0 Å². The molecule has 0 rings (SSSR count). The Kier molecular flexibility index (Phi) is 31.5. The van der Waals surface area contributed by atoms with Gasteiger partial charge in [0.2, 0.25) is 0 Å². The minimum atomic E-state index is 0. The van der Waals surface area contributed by atoms with E-state index in [2.05, 4.69) is 20.8 Å². The first kappa shape index (κ1) is 16.0. The first-order valence-corrected chi connectivity index (χ1v) is 2.72. The Morgan fingerprint density at radius 3 is 1.25 bits per heavy atom. The van der Waals surface area contributed by atoms with Crippen LogP contribution in [0.2, 0.25) is 0 Å². The number of rotatable bonds is 0. The summed E-state index contributed by atoms with van der Waals surface area (Å²) in [5.41, 5.74) is 0. The largest absolute Gasteiger partial charge is 0.341 e. The zero-order valence-corrected chi connectivity index (χ0v) is 9.28. The van der Waals surface area contributed by atoms with Gasteiger partial charge in [0.15, 0.2) is 0 Å². The zero-order valence-electron chi connectivity index (χ0n) is 6.44. The molecule has 8 heavy (non-hydrogen) atoms. The van der Waals surface area contributed by atoms with Crippen LogP contribution in [0.25, 0.3) is 0 Å². The van der Waals surface area contributed by atoms with Gasteiger partial charge in [-0.25, -0.2) is 0 Å². The first-order chi connectivity index (χ1) is 3.15. The molecule has 1 radical (unpaired) electrons. The van der Waals surface area contributed by atoms with E-state index in [1.165, 1.54) is 0 Å². The van der Waals surface area contributed by atoms with Gasteiger partial charge in [-0.15, -0.1) is 0 Å². The van der Waals surface area contributed by atoms with E-state index >= 15 is 0 Å². The Balaban J connectivity index is -0.0000000575. The van der Waals surface area contributed by atoms with Gasteiger partial charge in [-0.1, -0.05) is 13.8 Å². The van der Waals surface area contributed by atoms with Gasteiger partial charge in [0, 0.05) is 32.7 Å². The van der Waals surface area contributed by atoms with Crippen molar-refractivity contribution in [1.82, 2.24) is 0 Å². The summed E-state index contributed by atoms with van der Waals surface area (Å²) >= 11 is 0. The summed E-state index contributed by atoms with van der Waals surface area (Å²) in [6.07, 6.45) is 2.00. The molecule has 0 N–H and O–H groups in total. The van der Waals surface area contributed by atoms with Crippen LogP contribution in [0, 0.1) is 19.3 Å². The summed E-state index contributed by atoms with van der Waals surface area (Å²) in [6.45, 7) is 11.8. The third kappa shape index (κ3) is 217. The smallest absolute Gasteiger partial charge is 0 e. The van der Waals surface area contributed by atoms with Crippen molar-refractivity contribution < 1.29 is 32.7 Å². The fourth-order valence-electron chi connectivity index (χ4n) is 0. The summed E-state index contributed by atoms with van der Waals surface area (Å²) in [5, 5.41) is 0. The van der Waals surface area contributed by atoms with Crippen LogP contribution in [-0.4, -0.2) is 0 Å². The van der Waals surface area contributed by atoms with E-state index in [1.54, 1.807) is 0 Å². The van der Waals surface area contributed by atoms with Crippen LogP contribution in [0.3, 0.4) is 0 Å². The van der Waals surface area contributed by atoms with Crippen LogP contribution < -0.4 is 0 Å². The molecular formula is C7H16Y-2. The fraction of sp³-hybridized carbons (Fsp3) is 0.714. The SMILES string of the molecule is C[CH-]C.[CH2-]C(C)C.[Y].